The average molecular weight is 467 g/mol. The van der Waals surface area contributed by atoms with Crippen LogP contribution < -0.4 is 10.7 Å². The lowest BCUT2D eigenvalue weighted by atomic mass is 10.0. The first-order valence-electron chi connectivity index (χ1n) is 12.5. The molecule has 184 valence electrons. The lowest BCUT2D eigenvalue weighted by Crippen LogP contribution is -2.36. The second-order valence-electron chi connectivity index (χ2n) is 9.06. The van der Waals surface area contributed by atoms with Crippen molar-refractivity contribution in [1.29, 1.82) is 0 Å². The van der Waals surface area contributed by atoms with Crippen molar-refractivity contribution in [3.8, 4) is 11.8 Å². The van der Waals surface area contributed by atoms with E-state index in [0.717, 1.165) is 29.7 Å². The fourth-order valence-corrected chi connectivity index (χ4v) is 3.72. The van der Waals surface area contributed by atoms with Gasteiger partial charge in [0, 0.05) is 29.6 Å². The van der Waals surface area contributed by atoms with Crippen LogP contribution in [-0.2, 0) is 20.7 Å². The molecule has 1 amide bonds. The Hall–Kier alpha value is -2.69. The van der Waals surface area contributed by atoms with Crippen molar-refractivity contribution in [3.05, 3.63) is 29.3 Å². The molecule has 1 saturated heterocycles. The zero-order valence-corrected chi connectivity index (χ0v) is 21.0. The van der Waals surface area contributed by atoms with Gasteiger partial charge in [0.25, 0.3) is 5.91 Å². The van der Waals surface area contributed by atoms with Gasteiger partial charge in [-0.1, -0.05) is 39.0 Å². The lowest BCUT2D eigenvalue weighted by molar-refractivity contribution is -0.201. The number of amides is 1. The summed E-state index contributed by atoms with van der Waals surface area (Å²) in [5, 5.41) is 3.67. The molecule has 0 atom stereocenters. The van der Waals surface area contributed by atoms with E-state index in [2.05, 4.69) is 34.9 Å². The number of carbonyl (C=O) groups excluding carboxylic acids is 1. The van der Waals surface area contributed by atoms with E-state index < -0.39 is 0 Å². The highest BCUT2D eigenvalue weighted by molar-refractivity contribution is 6.63. The second kappa shape index (κ2) is 12.1. The van der Waals surface area contributed by atoms with E-state index in [1.807, 2.05) is 26.0 Å². The van der Waals surface area contributed by atoms with Gasteiger partial charge in [-0.15, -0.1) is 0 Å². The van der Waals surface area contributed by atoms with Gasteiger partial charge < -0.3 is 20.2 Å². The molecule has 7 nitrogen and oxygen atoms in total. The molecule has 0 bridgehead atoms. The van der Waals surface area contributed by atoms with Crippen molar-refractivity contribution in [2.45, 2.75) is 65.6 Å². The predicted molar refractivity (Wildman–Crippen MR) is 137 cm³/mol. The Labute approximate surface area is 203 Å². The lowest BCUT2D eigenvalue weighted by Gasteiger charge is -2.28. The van der Waals surface area contributed by atoms with Crippen LogP contribution in [0.1, 0.15) is 64.0 Å². The molecule has 0 unspecified atom stereocenters. The molecule has 2 saturated carbocycles. The molecule has 2 N–H and O–H groups in total. The van der Waals surface area contributed by atoms with Gasteiger partial charge in [0.1, 0.15) is 0 Å². The number of hydrazone groups is 1. The van der Waals surface area contributed by atoms with Crippen molar-refractivity contribution < 1.29 is 14.3 Å². The molecule has 7 heteroatoms. The van der Waals surface area contributed by atoms with Crippen LogP contribution in [0.15, 0.2) is 28.3 Å². The summed E-state index contributed by atoms with van der Waals surface area (Å²) in [4.78, 5) is 18.9. The van der Waals surface area contributed by atoms with Gasteiger partial charge >= 0.3 is 0 Å². The number of aryl methyl sites for hydroxylation is 1. The van der Waals surface area contributed by atoms with Crippen LogP contribution in [0.5, 0.6) is 0 Å². The van der Waals surface area contributed by atoms with Crippen molar-refractivity contribution in [1.82, 2.24) is 0 Å². The molecule has 3 aliphatic rings. The van der Waals surface area contributed by atoms with Crippen LogP contribution >= 0.6 is 0 Å². The van der Waals surface area contributed by atoms with Crippen LogP contribution in [0.25, 0.3) is 0 Å². The quantitative estimate of drug-likeness (QED) is 0.285. The number of ether oxygens (including phenoxy) is 2. The summed E-state index contributed by atoms with van der Waals surface area (Å²) in [5.74, 6) is 12.3. The minimum absolute atomic E-state index is 0.0852. The summed E-state index contributed by atoms with van der Waals surface area (Å²) in [7, 11) is 1.73. The Kier molecular flexibility index (Phi) is 9.26. The second-order valence-corrected chi connectivity index (χ2v) is 9.06. The monoisotopic (exact) mass is 466 g/mol. The van der Waals surface area contributed by atoms with Crippen LogP contribution in [0.2, 0.25) is 0 Å². The highest BCUT2D eigenvalue weighted by Gasteiger charge is 2.46. The third-order valence-corrected chi connectivity index (χ3v) is 6.20. The van der Waals surface area contributed by atoms with Crippen molar-refractivity contribution in [2.24, 2.45) is 27.3 Å². The number of benzene rings is 1. The normalized spacial score (nSPS) is 19.2. The Balaban J connectivity index is 0.00000158. The van der Waals surface area contributed by atoms with E-state index in [0.29, 0.717) is 25.7 Å². The number of aliphatic imine (C=N–C) groups is 1. The zero-order chi connectivity index (χ0) is 24.6. The van der Waals surface area contributed by atoms with Crippen LogP contribution in [0, 0.1) is 23.2 Å². The molecular formula is C27H38N4O3. The largest absolute Gasteiger partial charge is 0.350 e. The van der Waals surface area contributed by atoms with Gasteiger partial charge in [-0.25, -0.2) is 0 Å². The number of carbonyl (C=O) groups is 1. The first-order valence-corrected chi connectivity index (χ1v) is 12.5. The SMILES string of the molecule is CC.CCCc1cc(C#CC2CC2)ccc1N(C)C(=O)/C(C=NCC1OCC2(CC2)CO1)=N/N. The molecule has 0 aromatic heterocycles. The molecule has 0 radical (unpaired) electrons. The molecule has 1 aromatic rings. The third kappa shape index (κ3) is 6.91. The number of hydrogen-bond donors (Lipinski definition) is 1. The van der Waals surface area contributed by atoms with E-state index in [4.69, 9.17) is 15.3 Å². The fraction of sp³-hybridized carbons (Fsp3) is 0.593. The number of rotatable bonds is 7. The Morgan fingerprint density at radius 2 is 1.97 bits per heavy atom. The zero-order valence-electron chi connectivity index (χ0n) is 21.0. The van der Waals surface area contributed by atoms with Gasteiger partial charge in [0.2, 0.25) is 0 Å². The number of nitrogens with zero attached hydrogens (tertiary/aromatic N) is 3. The standard InChI is InChI=1S/C25H32N4O3.C2H6/c1-3-4-20-13-19(8-7-18-5-6-18)9-10-22(20)29(2)24(30)21(28-26)14-27-15-23-31-16-25(11-12-25)17-32-23;1-2/h9-10,13-14,18,23H,3-6,11-12,15-17,26H2,1-2H3;1-2H3/b27-14?,28-21+;. The Bertz CT molecular complexity index is 958. The maximum atomic E-state index is 13.0. The molecule has 2 aliphatic carbocycles. The Morgan fingerprint density at radius 1 is 1.26 bits per heavy atom. The molecule has 34 heavy (non-hydrogen) atoms. The summed E-state index contributed by atoms with van der Waals surface area (Å²) in [6.07, 6.45) is 7.58. The number of nitrogens with two attached hydrogens (primary N) is 1. The van der Waals surface area contributed by atoms with E-state index in [9.17, 15) is 4.79 Å². The van der Waals surface area contributed by atoms with Gasteiger partial charge in [-0.2, -0.15) is 5.10 Å². The summed E-state index contributed by atoms with van der Waals surface area (Å²) < 4.78 is 11.5. The van der Waals surface area contributed by atoms with Crippen LogP contribution in [0.3, 0.4) is 0 Å². The van der Waals surface area contributed by atoms with Gasteiger partial charge in [0.15, 0.2) is 12.0 Å². The topological polar surface area (TPSA) is 89.5 Å². The first kappa shape index (κ1) is 25.9. The number of hydrogen-bond acceptors (Lipinski definition) is 6. The van der Waals surface area contributed by atoms with Gasteiger partial charge in [0.05, 0.1) is 26.0 Å². The summed E-state index contributed by atoms with van der Waals surface area (Å²) in [6.45, 7) is 7.86. The smallest absolute Gasteiger partial charge is 0.280 e. The summed E-state index contributed by atoms with van der Waals surface area (Å²) in [5.41, 5.74) is 3.23. The van der Waals surface area contributed by atoms with Crippen molar-refractivity contribution in [3.63, 3.8) is 0 Å². The third-order valence-electron chi connectivity index (χ3n) is 6.20. The van der Waals surface area contributed by atoms with Crippen molar-refractivity contribution in [2.75, 3.05) is 31.7 Å². The average Bonchev–Trinajstić information content (AvgIpc) is 3.80. The fourth-order valence-electron chi connectivity index (χ4n) is 3.72. The molecule has 1 aliphatic heterocycles. The van der Waals surface area contributed by atoms with Crippen LogP contribution in [-0.4, -0.2) is 50.9 Å². The Morgan fingerprint density at radius 3 is 2.56 bits per heavy atom. The van der Waals surface area contributed by atoms with Gasteiger partial charge in [-0.3, -0.25) is 9.79 Å². The van der Waals surface area contributed by atoms with Crippen molar-refractivity contribution >= 4 is 23.5 Å². The molecule has 1 aromatic carbocycles. The number of anilines is 1. The van der Waals surface area contributed by atoms with E-state index in [1.54, 1.807) is 11.9 Å². The predicted octanol–water partition coefficient (Wildman–Crippen LogP) is 3.93. The van der Waals surface area contributed by atoms with Crippen LogP contribution in [0.4, 0.5) is 5.69 Å². The van der Waals surface area contributed by atoms with E-state index in [-0.39, 0.29) is 23.3 Å². The molecular weight excluding hydrogens is 428 g/mol. The first-order chi connectivity index (χ1) is 16.5. The highest BCUT2D eigenvalue weighted by atomic mass is 16.7. The van der Waals surface area contributed by atoms with E-state index >= 15 is 0 Å². The van der Waals surface area contributed by atoms with Gasteiger partial charge in [-0.05, 0) is 55.9 Å². The molecule has 3 fully saturated rings. The molecule has 1 heterocycles. The molecule has 1 spiro atoms. The maximum Gasteiger partial charge on any atom is 0.280 e. The summed E-state index contributed by atoms with van der Waals surface area (Å²) in [6, 6.07) is 5.99. The summed E-state index contributed by atoms with van der Waals surface area (Å²) >= 11 is 0. The minimum Gasteiger partial charge on any atom is -0.350 e. The highest BCUT2D eigenvalue weighted by Crippen LogP contribution is 2.48. The minimum atomic E-state index is -0.384. The van der Waals surface area contributed by atoms with E-state index in [1.165, 1.54) is 31.9 Å². The molecule has 4 rings (SSSR count). The maximum absolute atomic E-state index is 13.0.